The molecule has 0 aromatic heterocycles. The lowest BCUT2D eigenvalue weighted by Crippen LogP contribution is -2.27. The summed E-state index contributed by atoms with van der Waals surface area (Å²) in [4.78, 5) is 0. The molecule has 81 heavy (non-hydrogen) atoms. The minimum absolute atomic E-state index is 0.00351. The fourth-order valence-electron chi connectivity index (χ4n) is 7.70. The quantitative estimate of drug-likeness (QED) is 0.0526. The number of hydrogen-bond donors (Lipinski definition) is 0. The van der Waals surface area contributed by atoms with Gasteiger partial charge < -0.3 is 114 Å². The number of rotatable bonds is 64. The molecular formula is C55H92Br2O24. The van der Waals surface area contributed by atoms with Gasteiger partial charge in [-0.15, -0.1) is 0 Å². The van der Waals surface area contributed by atoms with Crippen LogP contribution in [0.15, 0.2) is 45.3 Å². The van der Waals surface area contributed by atoms with E-state index in [1.165, 1.54) is 29.4 Å². The predicted molar refractivity (Wildman–Crippen MR) is 300 cm³/mol. The van der Waals surface area contributed by atoms with Gasteiger partial charge in [-0.3, -0.25) is 0 Å². The van der Waals surface area contributed by atoms with Crippen molar-refractivity contribution in [3.63, 3.8) is 0 Å². The van der Waals surface area contributed by atoms with E-state index in [1.54, 1.807) is 7.11 Å². The lowest BCUT2D eigenvalue weighted by Gasteiger charge is -2.33. The normalized spacial score (nSPS) is 12.7. The fraction of sp³-hybridized carbons (Fsp3) is 0.782. The van der Waals surface area contributed by atoms with Gasteiger partial charge in [-0.05, 0) is 72.2 Å². The topological polar surface area (TPSA) is 222 Å². The average molecular weight is 1300 g/mol. The number of fused-ring (bicyclic) bond motifs is 3. The molecular weight excluding hydrogens is 1200 g/mol. The minimum Gasteiger partial charge on any atom is -0.382 e. The first kappa shape index (κ1) is 73.7. The van der Waals surface area contributed by atoms with Gasteiger partial charge in [0.25, 0.3) is 0 Å². The van der Waals surface area contributed by atoms with E-state index < -0.39 is 0 Å². The summed E-state index contributed by atoms with van der Waals surface area (Å²) in [6.45, 7) is 13.3. The Morgan fingerprint density at radius 2 is 0.494 bits per heavy atom. The summed E-state index contributed by atoms with van der Waals surface area (Å²) in [5, 5.41) is 0. The smallest absolute Gasteiger partial charge is 0.152 e. The minimum atomic E-state index is -0.203. The molecule has 0 saturated carbocycles. The lowest BCUT2D eigenvalue weighted by atomic mass is 9.71. The van der Waals surface area contributed by atoms with E-state index in [0.717, 1.165) is 34.6 Å². The number of hydrogen-bond acceptors (Lipinski definition) is 24. The highest BCUT2D eigenvalue weighted by Gasteiger charge is 2.42. The molecule has 0 aliphatic heterocycles. The maximum Gasteiger partial charge on any atom is 0.152 e. The Morgan fingerprint density at radius 3 is 0.765 bits per heavy atom. The van der Waals surface area contributed by atoms with E-state index in [9.17, 15) is 0 Å². The van der Waals surface area contributed by atoms with Crippen LogP contribution in [0.1, 0.15) is 36.8 Å². The Hall–Kier alpha value is -1.56. The van der Waals surface area contributed by atoms with Crippen LogP contribution in [0.5, 0.6) is 0 Å². The Balaban J connectivity index is 1.10. The standard InChI is InChI=1S/C55H92Br2O24/c1-58-13-14-62-17-18-64-21-22-66-25-26-68-29-30-70-33-34-71-32-31-69-28-27-67-24-23-65-20-19-63-16-15-60-11-3-9-55(53-37-49(56)5-7-51(53)52-8-6-50(57)38-54(52)55)10-4-12-61-35-36-72-40-74-42-76-44-78-46-80-48-81-47-79-45-77-43-75-41-73-39-59-2/h5-8,37-38H,3-4,9-36,39-48H2,1-2H3. The molecule has 24 nitrogen and oxygen atoms in total. The molecule has 3 rings (SSSR count). The van der Waals surface area contributed by atoms with Crippen LogP contribution in [0.3, 0.4) is 0 Å². The Kier molecular flexibility index (Phi) is 50.1. The molecule has 0 N–H and O–H groups in total. The van der Waals surface area contributed by atoms with Crippen LogP contribution in [-0.4, -0.2) is 254 Å². The summed E-state index contributed by atoms with van der Waals surface area (Å²) in [6.07, 6.45) is 3.56. The monoisotopic (exact) mass is 1290 g/mol. The van der Waals surface area contributed by atoms with Crippen LogP contribution < -0.4 is 0 Å². The predicted octanol–water partition coefficient (Wildman–Crippen LogP) is 6.27. The van der Waals surface area contributed by atoms with Crippen molar-refractivity contribution < 1.29 is 114 Å². The molecule has 0 spiro atoms. The second-order valence-corrected chi connectivity index (χ2v) is 19.1. The van der Waals surface area contributed by atoms with Gasteiger partial charge >= 0.3 is 0 Å². The Bertz CT molecular complexity index is 1640. The molecule has 470 valence electrons. The number of methoxy groups -OCH3 is 2. The number of benzene rings is 2. The van der Waals surface area contributed by atoms with Crippen molar-refractivity contribution in [2.75, 3.05) is 254 Å². The van der Waals surface area contributed by atoms with Gasteiger partial charge in [0.15, 0.2) is 54.3 Å². The zero-order chi connectivity index (χ0) is 57.5. The van der Waals surface area contributed by atoms with Crippen molar-refractivity contribution in [1.29, 1.82) is 0 Å². The Labute approximate surface area is 496 Å². The van der Waals surface area contributed by atoms with Gasteiger partial charge in [0, 0.05) is 41.8 Å². The molecule has 2 aromatic rings. The van der Waals surface area contributed by atoms with Crippen LogP contribution in [0.25, 0.3) is 11.1 Å². The zero-order valence-electron chi connectivity index (χ0n) is 47.8. The molecule has 0 radical (unpaired) electrons. The molecule has 0 unspecified atom stereocenters. The third kappa shape index (κ3) is 39.0. The summed E-state index contributed by atoms with van der Waals surface area (Å²) in [7, 11) is 3.17. The number of ether oxygens (including phenoxy) is 24. The first-order chi connectivity index (χ1) is 40.1. The molecule has 0 atom stereocenters. The van der Waals surface area contributed by atoms with Gasteiger partial charge in [-0.2, -0.15) is 0 Å². The first-order valence-corrected chi connectivity index (χ1v) is 29.0. The van der Waals surface area contributed by atoms with Crippen molar-refractivity contribution in [2.24, 2.45) is 0 Å². The Morgan fingerprint density at radius 1 is 0.259 bits per heavy atom. The third-order valence-corrected chi connectivity index (χ3v) is 12.3. The molecule has 0 heterocycles. The maximum atomic E-state index is 6.06. The van der Waals surface area contributed by atoms with Gasteiger partial charge in [0.2, 0.25) is 0 Å². The molecule has 2 aromatic carbocycles. The third-order valence-electron chi connectivity index (χ3n) is 11.3. The van der Waals surface area contributed by atoms with Crippen LogP contribution in [0, 0.1) is 0 Å². The van der Waals surface area contributed by atoms with Gasteiger partial charge in [0.05, 0.1) is 159 Å². The summed E-state index contributed by atoms with van der Waals surface area (Å²) < 4.78 is 131. The van der Waals surface area contributed by atoms with Crippen LogP contribution in [0.4, 0.5) is 0 Å². The molecule has 0 fully saturated rings. The van der Waals surface area contributed by atoms with E-state index in [4.69, 9.17) is 114 Å². The van der Waals surface area contributed by atoms with Crippen LogP contribution in [-0.2, 0) is 119 Å². The highest BCUT2D eigenvalue weighted by Crippen LogP contribution is 2.55. The number of halogens is 2. The van der Waals surface area contributed by atoms with Gasteiger partial charge in [-0.1, -0.05) is 44.0 Å². The largest absolute Gasteiger partial charge is 0.382 e. The summed E-state index contributed by atoms with van der Waals surface area (Å²) in [5.74, 6) is 0. The molecule has 0 amide bonds. The van der Waals surface area contributed by atoms with E-state index >= 15 is 0 Å². The molecule has 1 aliphatic rings. The van der Waals surface area contributed by atoms with Crippen molar-refractivity contribution in [2.45, 2.75) is 31.1 Å². The van der Waals surface area contributed by atoms with E-state index in [1.807, 2.05) is 0 Å². The summed E-state index contributed by atoms with van der Waals surface area (Å²) in [6, 6.07) is 13.2. The van der Waals surface area contributed by atoms with Gasteiger partial charge in [-0.25, -0.2) is 0 Å². The molecule has 1 aliphatic carbocycles. The van der Waals surface area contributed by atoms with E-state index in [-0.39, 0.29) is 73.3 Å². The van der Waals surface area contributed by atoms with Crippen LogP contribution >= 0.6 is 31.9 Å². The average Bonchev–Trinajstić information content (AvgIpc) is 2.53. The lowest BCUT2D eigenvalue weighted by molar-refractivity contribution is -0.231. The SMILES string of the molecule is COCCOCCOCCOCCOCCOCCOCCOCCOCCOCCOCCOCCCC1(CCCOCCOCOCOCOCOCOCOCOCOCOCOC)c2cc(Br)ccc2-c2ccc(Br)cc21. The van der Waals surface area contributed by atoms with Crippen molar-refractivity contribution in [1.82, 2.24) is 0 Å². The highest BCUT2D eigenvalue weighted by molar-refractivity contribution is 9.10. The first-order valence-electron chi connectivity index (χ1n) is 27.4. The van der Waals surface area contributed by atoms with Crippen molar-refractivity contribution in [3.05, 3.63) is 56.5 Å². The summed E-state index contributed by atoms with van der Waals surface area (Å²) in [5.41, 5.74) is 4.98. The second-order valence-electron chi connectivity index (χ2n) is 17.2. The molecule has 26 heteroatoms. The van der Waals surface area contributed by atoms with E-state index in [0.29, 0.717) is 172 Å². The van der Waals surface area contributed by atoms with E-state index in [2.05, 4.69) is 68.3 Å². The second kappa shape index (κ2) is 55.0. The highest BCUT2D eigenvalue weighted by atomic mass is 79.9. The maximum absolute atomic E-state index is 6.06. The summed E-state index contributed by atoms with van der Waals surface area (Å²) >= 11 is 7.51. The zero-order valence-corrected chi connectivity index (χ0v) is 51.0. The fourth-order valence-corrected chi connectivity index (χ4v) is 8.42. The van der Waals surface area contributed by atoms with Crippen molar-refractivity contribution >= 4 is 31.9 Å². The van der Waals surface area contributed by atoms with Crippen molar-refractivity contribution in [3.8, 4) is 11.1 Å². The van der Waals surface area contributed by atoms with Crippen LogP contribution in [0.2, 0.25) is 0 Å². The molecule has 0 bridgehead atoms. The molecule has 0 saturated heterocycles. The van der Waals surface area contributed by atoms with Gasteiger partial charge in [0.1, 0.15) is 13.6 Å².